The number of likely N-dealkylation sites (tertiary alicyclic amines) is 2. The molecule has 0 unspecified atom stereocenters. The van der Waals surface area contributed by atoms with Crippen LogP contribution in [0.4, 0.5) is 0 Å². The van der Waals surface area contributed by atoms with Gasteiger partial charge in [-0.15, -0.1) is 0 Å². The van der Waals surface area contributed by atoms with E-state index in [1.807, 2.05) is 36.1 Å². The second-order valence-corrected chi connectivity index (χ2v) is 8.71. The Morgan fingerprint density at radius 2 is 1.89 bits per heavy atom. The van der Waals surface area contributed by atoms with Gasteiger partial charge in [0.2, 0.25) is 5.91 Å². The van der Waals surface area contributed by atoms with Crippen molar-refractivity contribution in [2.24, 2.45) is 5.41 Å². The average Bonchev–Trinajstić information content (AvgIpc) is 2.74. The summed E-state index contributed by atoms with van der Waals surface area (Å²) in [7, 11) is 0. The van der Waals surface area contributed by atoms with Crippen LogP contribution >= 0.6 is 0 Å². The number of hydrogen-bond acceptors (Lipinski definition) is 3. The molecule has 1 aromatic carbocycles. The molecule has 2 aliphatic heterocycles. The molecule has 4 atom stereocenters. The third kappa shape index (κ3) is 3.01. The van der Waals surface area contributed by atoms with E-state index >= 15 is 0 Å². The number of carbonyl (C=O) groups excluding carboxylic acids is 2. The van der Waals surface area contributed by atoms with E-state index < -0.39 is 0 Å². The monoisotopic (exact) mass is 370 g/mol. The van der Waals surface area contributed by atoms with E-state index in [9.17, 15) is 9.59 Å². The van der Waals surface area contributed by atoms with E-state index in [0.29, 0.717) is 6.54 Å². The lowest BCUT2D eigenvalue weighted by Gasteiger charge is -2.46. The molecule has 2 heterocycles. The molecule has 2 bridgehead atoms. The molecule has 2 saturated heterocycles. The predicted molar refractivity (Wildman–Crippen MR) is 103 cm³/mol. The second-order valence-electron chi connectivity index (χ2n) is 8.71. The smallest absolute Gasteiger partial charge is 0.261 e. The van der Waals surface area contributed by atoms with Crippen LogP contribution in [0.2, 0.25) is 0 Å². The predicted octanol–water partition coefficient (Wildman–Crippen LogP) is 3.15. The number of nitrogens with zero attached hydrogens (tertiary/aromatic N) is 2. The number of fused-ring (bicyclic) bond motifs is 1. The second kappa shape index (κ2) is 6.84. The zero-order valence-electron chi connectivity index (χ0n) is 16.6. The number of ether oxygens (including phenoxy) is 1. The number of piperidine rings is 1. The number of hydrogen-bond donors (Lipinski definition) is 0. The van der Waals surface area contributed by atoms with Crippen LogP contribution in [0, 0.1) is 12.3 Å². The molecule has 1 aliphatic carbocycles. The van der Waals surface area contributed by atoms with Crippen molar-refractivity contribution in [1.29, 1.82) is 0 Å². The molecule has 4 rings (SSSR count). The minimum Gasteiger partial charge on any atom is -0.484 e. The molecule has 1 saturated carbocycles. The van der Waals surface area contributed by atoms with E-state index in [1.165, 1.54) is 0 Å². The summed E-state index contributed by atoms with van der Waals surface area (Å²) >= 11 is 0. The SMILES string of the molecule is CC(=O)N1C[C@@H]2C[C@@]3(C)[C@H](CCCC[C@@H]13)N2C(=O)COc1ccccc1C. The van der Waals surface area contributed by atoms with Crippen LogP contribution in [0.1, 0.15) is 51.5 Å². The largest absolute Gasteiger partial charge is 0.484 e. The van der Waals surface area contributed by atoms with Crippen LogP contribution in [-0.2, 0) is 9.59 Å². The van der Waals surface area contributed by atoms with Crippen molar-refractivity contribution in [3.05, 3.63) is 29.8 Å². The molecule has 27 heavy (non-hydrogen) atoms. The molecule has 0 aromatic heterocycles. The Balaban J connectivity index is 1.57. The highest BCUT2D eigenvalue weighted by atomic mass is 16.5. The molecule has 0 spiro atoms. The van der Waals surface area contributed by atoms with Gasteiger partial charge in [0.25, 0.3) is 5.91 Å². The van der Waals surface area contributed by atoms with Crippen molar-refractivity contribution < 1.29 is 14.3 Å². The summed E-state index contributed by atoms with van der Waals surface area (Å²) in [6.45, 7) is 6.69. The molecule has 0 radical (unpaired) electrons. The molecule has 3 fully saturated rings. The Bertz CT molecular complexity index is 749. The Kier molecular flexibility index (Phi) is 4.65. The van der Waals surface area contributed by atoms with E-state index in [0.717, 1.165) is 43.4 Å². The van der Waals surface area contributed by atoms with Gasteiger partial charge < -0.3 is 14.5 Å². The van der Waals surface area contributed by atoms with Gasteiger partial charge in [0, 0.05) is 31.0 Å². The van der Waals surface area contributed by atoms with Crippen molar-refractivity contribution in [3.63, 3.8) is 0 Å². The summed E-state index contributed by atoms with van der Waals surface area (Å²) in [5.41, 5.74) is 1.04. The lowest BCUT2D eigenvalue weighted by Crippen LogP contribution is -2.55. The molecule has 1 aromatic rings. The molecule has 2 amide bonds. The summed E-state index contributed by atoms with van der Waals surface area (Å²) in [6.07, 6.45) is 5.35. The maximum Gasteiger partial charge on any atom is 0.261 e. The van der Waals surface area contributed by atoms with Gasteiger partial charge >= 0.3 is 0 Å². The normalized spacial score (nSPS) is 32.2. The molecule has 3 aliphatic rings. The number of para-hydroxylation sites is 1. The Morgan fingerprint density at radius 3 is 2.59 bits per heavy atom. The van der Waals surface area contributed by atoms with Gasteiger partial charge in [-0.25, -0.2) is 0 Å². The fourth-order valence-electron chi connectivity index (χ4n) is 5.82. The number of amides is 2. The quantitative estimate of drug-likeness (QED) is 0.821. The van der Waals surface area contributed by atoms with Gasteiger partial charge in [0.05, 0.1) is 6.04 Å². The summed E-state index contributed by atoms with van der Waals surface area (Å²) < 4.78 is 5.86. The number of benzene rings is 1. The van der Waals surface area contributed by atoms with Crippen molar-refractivity contribution in [2.75, 3.05) is 13.2 Å². The van der Waals surface area contributed by atoms with Crippen LogP contribution in [0.15, 0.2) is 24.3 Å². The highest BCUT2D eigenvalue weighted by molar-refractivity contribution is 5.80. The highest BCUT2D eigenvalue weighted by Crippen LogP contribution is 2.53. The summed E-state index contributed by atoms with van der Waals surface area (Å²) in [6, 6.07) is 8.39. The van der Waals surface area contributed by atoms with E-state index in [-0.39, 0.29) is 42.0 Å². The van der Waals surface area contributed by atoms with Crippen molar-refractivity contribution >= 4 is 11.8 Å². The Morgan fingerprint density at radius 1 is 1.19 bits per heavy atom. The first-order valence-corrected chi connectivity index (χ1v) is 10.2. The Hall–Kier alpha value is -2.04. The topological polar surface area (TPSA) is 49.9 Å². The molecule has 5 heteroatoms. The fraction of sp³-hybridized carbons (Fsp3) is 0.636. The molecular weight excluding hydrogens is 340 g/mol. The molecular formula is C22H30N2O3. The summed E-state index contributed by atoms with van der Waals surface area (Å²) in [5, 5.41) is 0. The number of rotatable bonds is 3. The van der Waals surface area contributed by atoms with E-state index in [1.54, 1.807) is 6.92 Å². The molecule has 5 nitrogen and oxygen atoms in total. The van der Waals surface area contributed by atoms with Crippen molar-refractivity contribution in [1.82, 2.24) is 9.80 Å². The zero-order chi connectivity index (χ0) is 19.2. The first kappa shape index (κ1) is 18.3. The fourth-order valence-corrected chi connectivity index (χ4v) is 5.82. The van der Waals surface area contributed by atoms with Gasteiger partial charge in [-0.1, -0.05) is 38.0 Å². The highest BCUT2D eigenvalue weighted by Gasteiger charge is 2.60. The first-order chi connectivity index (χ1) is 12.9. The first-order valence-electron chi connectivity index (χ1n) is 10.2. The molecule has 146 valence electrons. The third-order valence-corrected chi connectivity index (χ3v) is 7.05. The van der Waals surface area contributed by atoms with Gasteiger partial charge in [0.15, 0.2) is 6.61 Å². The maximum atomic E-state index is 13.2. The van der Waals surface area contributed by atoms with Crippen LogP contribution < -0.4 is 4.74 Å². The van der Waals surface area contributed by atoms with Crippen LogP contribution in [0.3, 0.4) is 0 Å². The maximum absolute atomic E-state index is 13.2. The number of carbonyl (C=O) groups is 2. The lowest BCUT2D eigenvalue weighted by molar-refractivity contribution is -0.139. The Labute approximate surface area is 161 Å². The minimum atomic E-state index is 0.00338. The third-order valence-electron chi connectivity index (χ3n) is 7.05. The summed E-state index contributed by atoms with van der Waals surface area (Å²) in [4.78, 5) is 29.6. The van der Waals surface area contributed by atoms with Crippen molar-refractivity contribution in [2.45, 2.75) is 71.0 Å². The zero-order valence-corrected chi connectivity index (χ0v) is 16.6. The molecule has 0 N–H and O–H groups in total. The van der Waals surface area contributed by atoms with E-state index in [4.69, 9.17) is 4.74 Å². The van der Waals surface area contributed by atoms with Gasteiger partial charge in [0.1, 0.15) is 5.75 Å². The van der Waals surface area contributed by atoms with Gasteiger partial charge in [-0.2, -0.15) is 0 Å². The van der Waals surface area contributed by atoms with E-state index in [2.05, 4.69) is 11.8 Å². The average molecular weight is 370 g/mol. The van der Waals surface area contributed by atoms with Gasteiger partial charge in [-0.05, 0) is 37.8 Å². The van der Waals surface area contributed by atoms with Crippen LogP contribution in [0.25, 0.3) is 0 Å². The van der Waals surface area contributed by atoms with Crippen LogP contribution in [-0.4, -0.2) is 52.9 Å². The van der Waals surface area contributed by atoms with Crippen LogP contribution in [0.5, 0.6) is 5.75 Å². The van der Waals surface area contributed by atoms with Gasteiger partial charge in [-0.3, -0.25) is 9.59 Å². The lowest BCUT2D eigenvalue weighted by atomic mass is 9.71. The van der Waals surface area contributed by atoms with Crippen molar-refractivity contribution in [3.8, 4) is 5.75 Å². The summed E-state index contributed by atoms with van der Waals surface area (Å²) in [5.74, 6) is 0.966. The minimum absolute atomic E-state index is 0.00338. The standard InChI is InChI=1S/C22H30N2O3/c1-15-8-4-5-9-18(15)27-14-21(26)24-17-12-22(3)19(23(13-17)16(2)25)10-6-7-11-20(22)24/h4-5,8-9,17,19-20H,6-7,10-14H2,1-3H3/t17-,19+,20-,22+/m0/s1. The number of aryl methyl sites for hydroxylation is 1.